The molecule has 4 nitrogen and oxygen atoms in total. The predicted molar refractivity (Wildman–Crippen MR) is 71.8 cm³/mol. The molecule has 1 aromatic heterocycles. The quantitative estimate of drug-likeness (QED) is 0.813. The van der Waals surface area contributed by atoms with Gasteiger partial charge in [0.25, 0.3) is 0 Å². The summed E-state index contributed by atoms with van der Waals surface area (Å²) in [5, 5.41) is 4.63. The van der Waals surface area contributed by atoms with Crippen LogP contribution in [0, 0.1) is 0 Å². The summed E-state index contributed by atoms with van der Waals surface area (Å²) in [7, 11) is 0. The Hall–Kier alpha value is -1.07. The molecular formula is C11H9BrClN3O. The molecule has 2 heterocycles. The molecule has 0 amide bonds. The van der Waals surface area contributed by atoms with Crippen molar-refractivity contribution in [1.29, 1.82) is 0 Å². The number of halogens is 2. The van der Waals surface area contributed by atoms with E-state index in [0.717, 1.165) is 15.7 Å². The lowest BCUT2D eigenvalue weighted by Gasteiger charge is -2.08. The Kier molecular flexibility index (Phi) is 2.41. The number of hydrogen-bond donors (Lipinski definition) is 1. The van der Waals surface area contributed by atoms with Gasteiger partial charge in [-0.3, -0.25) is 4.57 Å². The number of benzene rings is 1. The van der Waals surface area contributed by atoms with Gasteiger partial charge in [-0.1, -0.05) is 11.6 Å². The molecule has 3 rings (SSSR count). The second kappa shape index (κ2) is 3.71. The third kappa shape index (κ3) is 1.57. The molecule has 1 aromatic carbocycles. The summed E-state index contributed by atoms with van der Waals surface area (Å²) in [4.78, 5) is 15.9. The van der Waals surface area contributed by atoms with Crippen LogP contribution in [0.2, 0.25) is 5.02 Å². The van der Waals surface area contributed by atoms with Crippen LogP contribution in [0.15, 0.2) is 21.4 Å². The highest BCUT2D eigenvalue weighted by molar-refractivity contribution is 9.10. The molecule has 1 atom stereocenters. The van der Waals surface area contributed by atoms with Crippen molar-refractivity contribution in [3.8, 4) is 0 Å². The highest BCUT2D eigenvalue weighted by atomic mass is 79.9. The summed E-state index contributed by atoms with van der Waals surface area (Å²) in [5.41, 5.74) is 0.281. The fourth-order valence-electron chi connectivity index (χ4n) is 2.12. The van der Waals surface area contributed by atoms with Crippen molar-refractivity contribution >= 4 is 44.3 Å². The molecule has 1 aliphatic heterocycles. The highest BCUT2D eigenvalue weighted by Crippen LogP contribution is 2.33. The van der Waals surface area contributed by atoms with E-state index in [1.165, 1.54) is 0 Å². The Morgan fingerprint density at radius 1 is 1.59 bits per heavy atom. The molecule has 0 saturated heterocycles. The van der Waals surface area contributed by atoms with Crippen LogP contribution in [0.25, 0.3) is 10.9 Å². The van der Waals surface area contributed by atoms with E-state index in [1.807, 2.05) is 19.1 Å². The van der Waals surface area contributed by atoms with Gasteiger partial charge >= 0.3 is 5.69 Å². The summed E-state index contributed by atoms with van der Waals surface area (Å²) in [6, 6.07) is 4.01. The fraction of sp³-hybridized carbons (Fsp3) is 0.273. The standard InChI is InChI=1S/C11H9BrClN3O/c1-5-4-16-10(14-5)6-2-3-7(12)8(13)9(6)15-11(16)17/h2-3,5,14H,4H2,1H3/t5-/m1/s1. The monoisotopic (exact) mass is 313 g/mol. The van der Waals surface area contributed by atoms with E-state index in [0.29, 0.717) is 17.1 Å². The zero-order valence-corrected chi connectivity index (χ0v) is 11.3. The molecule has 0 bridgehead atoms. The second-order valence-corrected chi connectivity index (χ2v) is 5.39. The van der Waals surface area contributed by atoms with E-state index >= 15 is 0 Å². The molecule has 0 radical (unpaired) electrons. The van der Waals surface area contributed by atoms with Gasteiger partial charge in [-0.2, -0.15) is 4.98 Å². The molecule has 0 saturated carbocycles. The van der Waals surface area contributed by atoms with Gasteiger partial charge in [0.2, 0.25) is 0 Å². The van der Waals surface area contributed by atoms with E-state index in [4.69, 9.17) is 11.6 Å². The zero-order chi connectivity index (χ0) is 12.2. The second-order valence-electron chi connectivity index (χ2n) is 4.16. The molecule has 1 N–H and O–H groups in total. The zero-order valence-electron chi connectivity index (χ0n) is 9.00. The summed E-state index contributed by atoms with van der Waals surface area (Å²) in [6.07, 6.45) is 0. The maximum Gasteiger partial charge on any atom is 0.349 e. The van der Waals surface area contributed by atoms with Crippen LogP contribution in [0.3, 0.4) is 0 Å². The van der Waals surface area contributed by atoms with Crippen molar-refractivity contribution in [3.63, 3.8) is 0 Å². The SMILES string of the molecule is C[C@@H]1Cn2c(c3ccc(Br)c(Cl)c3nc2=O)N1. The number of hydrogen-bond acceptors (Lipinski definition) is 3. The van der Waals surface area contributed by atoms with Gasteiger partial charge in [-0.05, 0) is 35.0 Å². The smallest absolute Gasteiger partial charge is 0.349 e. The first-order valence-electron chi connectivity index (χ1n) is 5.23. The average molecular weight is 315 g/mol. The first kappa shape index (κ1) is 11.0. The number of anilines is 1. The van der Waals surface area contributed by atoms with Gasteiger partial charge in [-0.25, -0.2) is 4.79 Å². The van der Waals surface area contributed by atoms with Crippen molar-refractivity contribution < 1.29 is 0 Å². The maximum absolute atomic E-state index is 11.9. The van der Waals surface area contributed by atoms with Crippen LogP contribution in [-0.2, 0) is 6.54 Å². The first-order chi connectivity index (χ1) is 8.08. The Labute approximate surface area is 111 Å². The van der Waals surface area contributed by atoms with E-state index in [1.54, 1.807) is 4.57 Å². The minimum Gasteiger partial charge on any atom is -0.367 e. The summed E-state index contributed by atoms with van der Waals surface area (Å²) < 4.78 is 2.39. The van der Waals surface area contributed by atoms with Gasteiger partial charge in [-0.15, -0.1) is 0 Å². The van der Waals surface area contributed by atoms with Crippen molar-refractivity contribution in [2.45, 2.75) is 19.5 Å². The molecule has 0 fully saturated rings. The van der Waals surface area contributed by atoms with Crippen LogP contribution in [0.5, 0.6) is 0 Å². The van der Waals surface area contributed by atoms with Crippen molar-refractivity contribution in [2.24, 2.45) is 0 Å². The van der Waals surface area contributed by atoms with Crippen molar-refractivity contribution in [1.82, 2.24) is 9.55 Å². The lowest BCUT2D eigenvalue weighted by molar-refractivity contribution is 0.664. The summed E-state index contributed by atoms with van der Waals surface area (Å²) in [5.74, 6) is 0.807. The molecule has 2 aromatic rings. The van der Waals surface area contributed by atoms with Crippen LogP contribution < -0.4 is 11.0 Å². The van der Waals surface area contributed by atoms with E-state index in [-0.39, 0.29) is 11.7 Å². The van der Waals surface area contributed by atoms with Gasteiger partial charge in [0.15, 0.2) is 0 Å². The Morgan fingerprint density at radius 2 is 2.35 bits per heavy atom. The Bertz CT molecular complexity index is 682. The number of aromatic nitrogens is 2. The molecule has 0 aliphatic carbocycles. The normalized spacial score (nSPS) is 18.2. The van der Waals surface area contributed by atoms with E-state index in [2.05, 4.69) is 26.2 Å². The van der Waals surface area contributed by atoms with Gasteiger partial charge < -0.3 is 5.32 Å². The van der Waals surface area contributed by atoms with Crippen LogP contribution in [0.1, 0.15) is 6.92 Å². The predicted octanol–water partition coefficient (Wildman–Crippen LogP) is 2.63. The Balaban J connectivity index is 2.45. The third-order valence-electron chi connectivity index (χ3n) is 2.87. The molecular weight excluding hydrogens is 305 g/mol. The molecule has 6 heteroatoms. The number of fused-ring (bicyclic) bond motifs is 3. The third-order valence-corrected chi connectivity index (χ3v) is 4.14. The van der Waals surface area contributed by atoms with Crippen LogP contribution in [-0.4, -0.2) is 15.6 Å². The highest BCUT2D eigenvalue weighted by Gasteiger charge is 2.22. The minimum absolute atomic E-state index is 0.234. The summed E-state index contributed by atoms with van der Waals surface area (Å²) in [6.45, 7) is 2.67. The van der Waals surface area contributed by atoms with Gasteiger partial charge in [0, 0.05) is 22.4 Å². The van der Waals surface area contributed by atoms with Gasteiger partial charge in [0.1, 0.15) is 5.82 Å². The molecule has 88 valence electrons. The van der Waals surface area contributed by atoms with E-state index in [9.17, 15) is 4.79 Å². The average Bonchev–Trinajstić information content (AvgIpc) is 2.67. The van der Waals surface area contributed by atoms with Crippen molar-refractivity contribution in [3.05, 3.63) is 32.1 Å². The number of nitrogens with one attached hydrogen (secondary N) is 1. The van der Waals surface area contributed by atoms with Crippen molar-refractivity contribution in [2.75, 3.05) is 5.32 Å². The minimum atomic E-state index is -0.260. The number of rotatable bonds is 0. The first-order valence-corrected chi connectivity index (χ1v) is 6.40. The maximum atomic E-state index is 11.9. The van der Waals surface area contributed by atoms with E-state index < -0.39 is 0 Å². The number of nitrogens with zero attached hydrogens (tertiary/aromatic N) is 2. The molecule has 0 unspecified atom stereocenters. The lowest BCUT2D eigenvalue weighted by Crippen LogP contribution is -2.21. The lowest BCUT2D eigenvalue weighted by atomic mass is 10.2. The fourth-order valence-corrected chi connectivity index (χ4v) is 2.64. The molecule has 1 aliphatic rings. The van der Waals surface area contributed by atoms with Crippen LogP contribution >= 0.6 is 27.5 Å². The Morgan fingerprint density at radius 3 is 3.12 bits per heavy atom. The van der Waals surface area contributed by atoms with Gasteiger partial charge in [0.05, 0.1) is 10.5 Å². The summed E-state index contributed by atoms with van der Waals surface area (Å²) >= 11 is 9.48. The topological polar surface area (TPSA) is 46.9 Å². The molecule has 0 spiro atoms. The van der Waals surface area contributed by atoms with Crippen LogP contribution in [0.4, 0.5) is 5.82 Å². The largest absolute Gasteiger partial charge is 0.367 e. The molecule has 17 heavy (non-hydrogen) atoms.